The van der Waals surface area contributed by atoms with Crippen molar-refractivity contribution >= 4 is 18.0 Å². The Morgan fingerprint density at radius 1 is 1.14 bits per heavy atom. The molecule has 0 radical (unpaired) electrons. The Bertz CT molecular complexity index is 735. The van der Waals surface area contributed by atoms with E-state index >= 15 is 0 Å². The molecule has 0 spiro atoms. The monoisotopic (exact) mass is 385 g/mol. The quantitative estimate of drug-likeness (QED) is 0.592. The second kappa shape index (κ2) is 7.69. The largest absolute Gasteiger partial charge is 0.452 e. The van der Waals surface area contributed by atoms with Crippen molar-refractivity contribution in [3.63, 3.8) is 0 Å². The molecule has 1 aromatic carbocycles. The fourth-order valence-electron chi connectivity index (χ4n) is 6.07. The summed E-state index contributed by atoms with van der Waals surface area (Å²) in [6.07, 6.45) is 10.6. The third-order valence-corrected chi connectivity index (χ3v) is 7.01. The Balaban J connectivity index is 1.25. The van der Waals surface area contributed by atoms with E-state index in [1.807, 2.05) is 0 Å². The Hall–Kier alpha value is -2.17. The highest BCUT2D eigenvalue weighted by Gasteiger charge is 2.53. The Morgan fingerprint density at radius 3 is 2.29 bits per heavy atom. The van der Waals surface area contributed by atoms with Crippen LogP contribution >= 0.6 is 0 Å². The molecule has 1 N–H and O–H groups in total. The summed E-state index contributed by atoms with van der Waals surface area (Å²) in [5.41, 5.74) is 0.926. The van der Waals surface area contributed by atoms with Gasteiger partial charge in [-0.3, -0.25) is 4.79 Å². The first kappa shape index (κ1) is 19.2. The molecule has 4 saturated carbocycles. The van der Waals surface area contributed by atoms with Crippen LogP contribution in [0.5, 0.6) is 0 Å². The average Bonchev–Trinajstić information content (AvgIpc) is 2.65. The van der Waals surface area contributed by atoms with E-state index in [0.717, 1.165) is 17.8 Å². The van der Waals surface area contributed by atoms with E-state index in [1.165, 1.54) is 62.8 Å². The summed E-state index contributed by atoms with van der Waals surface area (Å²) in [6, 6.07) is 5.90. The maximum Gasteiger partial charge on any atom is 0.331 e. The average molecular weight is 385 g/mol. The minimum atomic E-state index is -0.582. The topological polar surface area (TPSA) is 55.4 Å². The van der Waals surface area contributed by atoms with Crippen LogP contribution in [0.4, 0.5) is 4.39 Å². The van der Waals surface area contributed by atoms with Crippen molar-refractivity contribution in [2.75, 3.05) is 6.61 Å². The first-order valence-electron chi connectivity index (χ1n) is 10.3. The Labute approximate surface area is 165 Å². The van der Waals surface area contributed by atoms with Crippen LogP contribution in [0.15, 0.2) is 30.3 Å². The Morgan fingerprint density at radius 2 is 1.71 bits per heavy atom. The molecule has 0 saturated heterocycles. The second-order valence-corrected chi connectivity index (χ2v) is 9.06. The van der Waals surface area contributed by atoms with Gasteiger partial charge in [-0.05, 0) is 92.4 Å². The van der Waals surface area contributed by atoms with Crippen LogP contribution in [-0.2, 0) is 14.3 Å². The highest BCUT2D eigenvalue weighted by Crippen LogP contribution is 2.61. The Kier molecular flexibility index (Phi) is 5.26. The molecule has 4 aliphatic carbocycles. The molecule has 0 aromatic heterocycles. The lowest BCUT2D eigenvalue weighted by molar-refractivity contribution is -0.145. The summed E-state index contributed by atoms with van der Waals surface area (Å²) in [6.45, 7) is 1.84. The summed E-state index contributed by atoms with van der Waals surface area (Å²) in [7, 11) is 0. The van der Waals surface area contributed by atoms with Gasteiger partial charge in [0.05, 0.1) is 0 Å². The van der Waals surface area contributed by atoms with E-state index < -0.39 is 5.97 Å². The van der Waals surface area contributed by atoms with Crippen LogP contribution in [0.1, 0.15) is 51.0 Å². The minimum Gasteiger partial charge on any atom is -0.452 e. The number of benzene rings is 1. The molecular formula is C23H28FNO3. The lowest BCUT2D eigenvalue weighted by atomic mass is 9.48. The zero-order valence-electron chi connectivity index (χ0n) is 16.3. The molecule has 5 heteroatoms. The highest BCUT2D eigenvalue weighted by atomic mass is 19.1. The number of rotatable bonds is 6. The zero-order chi connectivity index (χ0) is 19.7. The van der Waals surface area contributed by atoms with Crippen molar-refractivity contribution in [3.05, 3.63) is 41.7 Å². The lowest BCUT2D eigenvalue weighted by Gasteiger charge is -2.59. The van der Waals surface area contributed by atoms with Crippen LogP contribution < -0.4 is 5.32 Å². The molecule has 150 valence electrons. The van der Waals surface area contributed by atoms with Gasteiger partial charge in [-0.1, -0.05) is 12.1 Å². The molecule has 0 aliphatic heterocycles. The van der Waals surface area contributed by atoms with Gasteiger partial charge >= 0.3 is 5.97 Å². The molecule has 1 amide bonds. The van der Waals surface area contributed by atoms with Crippen molar-refractivity contribution in [2.24, 2.45) is 23.2 Å². The molecule has 0 unspecified atom stereocenters. The molecule has 4 bridgehead atoms. The molecule has 4 aliphatic rings. The van der Waals surface area contributed by atoms with Crippen LogP contribution in [0.3, 0.4) is 0 Å². The first-order valence-corrected chi connectivity index (χ1v) is 10.3. The summed E-state index contributed by atoms with van der Waals surface area (Å²) >= 11 is 0. The van der Waals surface area contributed by atoms with Gasteiger partial charge in [0.15, 0.2) is 6.61 Å². The lowest BCUT2D eigenvalue weighted by Crippen LogP contribution is -2.56. The third kappa shape index (κ3) is 4.13. The van der Waals surface area contributed by atoms with Gasteiger partial charge in [0.2, 0.25) is 0 Å². The van der Waals surface area contributed by atoms with E-state index in [0.29, 0.717) is 5.56 Å². The maximum atomic E-state index is 12.9. The fraction of sp³-hybridized carbons (Fsp3) is 0.565. The van der Waals surface area contributed by atoms with Crippen LogP contribution in [0.25, 0.3) is 6.08 Å². The predicted octanol–water partition coefficient (Wildman–Crippen LogP) is 4.10. The SMILES string of the molecule is C[C@@H](NC(=O)COC(=O)/C=C/c1ccc(F)cc1)C12CC3CC(CC(C3)C1)C2. The predicted molar refractivity (Wildman–Crippen MR) is 105 cm³/mol. The van der Waals surface area contributed by atoms with Crippen LogP contribution in [-0.4, -0.2) is 24.5 Å². The first-order chi connectivity index (χ1) is 13.4. The normalized spacial score (nSPS) is 31.7. The van der Waals surface area contributed by atoms with E-state index in [1.54, 1.807) is 12.1 Å². The van der Waals surface area contributed by atoms with Gasteiger partial charge in [0, 0.05) is 12.1 Å². The number of amides is 1. The summed E-state index contributed by atoms with van der Waals surface area (Å²) in [5.74, 6) is 1.35. The molecule has 1 atom stereocenters. The zero-order valence-corrected chi connectivity index (χ0v) is 16.3. The maximum absolute atomic E-state index is 12.9. The van der Waals surface area contributed by atoms with E-state index in [-0.39, 0.29) is 29.8 Å². The number of halogens is 1. The van der Waals surface area contributed by atoms with Crippen LogP contribution in [0.2, 0.25) is 0 Å². The van der Waals surface area contributed by atoms with E-state index in [4.69, 9.17) is 4.74 Å². The standard InChI is InChI=1S/C23H28FNO3/c1-15(23-11-17-8-18(12-23)10-19(9-17)13-23)25-21(26)14-28-22(27)7-4-16-2-5-20(24)6-3-16/h2-7,15,17-19H,8-14H2,1H3,(H,25,26)/b7-4+/t15-,17?,18?,19?,23?/m1/s1. The number of carbonyl (C=O) groups is 2. The highest BCUT2D eigenvalue weighted by molar-refractivity contribution is 5.89. The minimum absolute atomic E-state index is 0.113. The van der Waals surface area contributed by atoms with Gasteiger partial charge < -0.3 is 10.1 Å². The number of esters is 1. The molecule has 28 heavy (non-hydrogen) atoms. The smallest absolute Gasteiger partial charge is 0.331 e. The van der Waals surface area contributed by atoms with Gasteiger partial charge in [0.25, 0.3) is 5.91 Å². The number of hydrogen-bond acceptors (Lipinski definition) is 3. The number of nitrogens with one attached hydrogen (secondary N) is 1. The van der Waals surface area contributed by atoms with Crippen molar-refractivity contribution < 1.29 is 18.7 Å². The molecule has 1 aromatic rings. The fourth-order valence-corrected chi connectivity index (χ4v) is 6.07. The molecule has 0 heterocycles. The number of carbonyl (C=O) groups excluding carboxylic acids is 2. The van der Waals surface area contributed by atoms with Crippen molar-refractivity contribution in [1.82, 2.24) is 5.32 Å². The summed E-state index contributed by atoms with van der Waals surface area (Å²) in [4.78, 5) is 24.1. The number of ether oxygens (including phenoxy) is 1. The molecule has 5 rings (SSSR count). The van der Waals surface area contributed by atoms with Gasteiger partial charge in [-0.15, -0.1) is 0 Å². The van der Waals surface area contributed by atoms with Gasteiger partial charge in [0.1, 0.15) is 5.82 Å². The van der Waals surface area contributed by atoms with E-state index in [9.17, 15) is 14.0 Å². The molecular weight excluding hydrogens is 357 g/mol. The summed E-state index contributed by atoms with van der Waals surface area (Å²) < 4.78 is 17.9. The summed E-state index contributed by atoms with van der Waals surface area (Å²) in [5, 5.41) is 3.09. The molecule has 4 fully saturated rings. The molecule has 4 nitrogen and oxygen atoms in total. The number of hydrogen-bond donors (Lipinski definition) is 1. The van der Waals surface area contributed by atoms with Gasteiger partial charge in [-0.25, -0.2) is 9.18 Å². The van der Waals surface area contributed by atoms with Crippen molar-refractivity contribution in [2.45, 2.75) is 51.5 Å². The van der Waals surface area contributed by atoms with Gasteiger partial charge in [-0.2, -0.15) is 0 Å². The van der Waals surface area contributed by atoms with E-state index in [2.05, 4.69) is 12.2 Å². The third-order valence-electron chi connectivity index (χ3n) is 7.01. The second-order valence-electron chi connectivity index (χ2n) is 9.06. The van der Waals surface area contributed by atoms with Crippen LogP contribution in [0, 0.1) is 29.0 Å². The van der Waals surface area contributed by atoms with Crippen molar-refractivity contribution in [1.29, 1.82) is 0 Å². The van der Waals surface area contributed by atoms with Crippen molar-refractivity contribution in [3.8, 4) is 0 Å².